The van der Waals surface area contributed by atoms with Gasteiger partial charge >= 0.3 is 6.18 Å². The second kappa shape index (κ2) is 6.35. The predicted octanol–water partition coefficient (Wildman–Crippen LogP) is 4.10. The van der Waals surface area contributed by atoms with Crippen LogP contribution in [-0.4, -0.2) is 16.3 Å². The third-order valence-electron chi connectivity index (χ3n) is 3.86. The summed E-state index contributed by atoms with van der Waals surface area (Å²) >= 11 is 1.51. The van der Waals surface area contributed by atoms with Crippen LogP contribution in [0, 0.1) is 5.92 Å². The van der Waals surface area contributed by atoms with Gasteiger partial charge in [0.05, 0.1) is 10.6 Å². The molecule has 1 heterocycles. The van der Waals surface area contributed by atoms with E-state index in [-0.39, 0.29) is 11.3 Å². The maximum Gasteiger partial charge on any atom is 0.417 e. The third kappa shape index (κ3) is 3.88. The third-order valence-corrected chi connectivity index (χ3v) is 5.19. The standard InChI is InChI=1S/C14H19F3N2S/c1-2-9-3-5-11(18)12(7-9)20-13-6-4-10(8-19-13)14(15,16)17/h4,6,8-9,11-12H,2-3,5,7,18H2,1H3. The summed E-state index contributed by atoms with van der Waals surface area (Å²) in [6, 6.07) is 2.63. The van der Waals surface area contributed by atoms with Gasteiger partial charge in [0.2, 0.25) is 0 Å². The summed E-state index contributed by atoms with van der Waals surface area (Å²) in [5.41, 5.74) is 5.41. The monoisotopic (exact) mass is 304 g/mol. The van der Waals surface area contributed by atoms with Crippen LogP contribution in [0.3, 0.4) is 0 Å². The lowest BCUT2D eigenvalue weighted by atomic mass is 9.84. The highest BCUT2D eigenvalue weighted by atomic mass is 32.2. The van der Waals surface area contributed by atoms with Crippen LogP contribution in [-0.2, 0) is 6.18 Å². The fourth-order valence-corrected chi connectivity index (χ4v) is 3.76. The van der Waals surface area contributed by atoms with Crippen molar-refractivity contribution in [3.05, 3.63) is 23.9 Å². The largest absolute Gasteiger partial charge is 0.417 e. The predicted molar refractivity (Wildman–Crippen MR) is 74.5 cm³/mol. The second-order valence-electron chi connectivity index (χ2n) is 5.29. The van der Waals surface area contributed by atoms with Crippen molar-refractivity contribution >= 4 is 11.8 Å². The van der Waals surface area contributed by atoms with Crippen molar-refractivity contribution < 1.29 is 13.2 Å². The molecule has 112 valence electrons. The minimum atomic E-state index is -4.33. The van der Waals surface area contributed by atoms with Gasteiger partial charge in [-0.15, -0.1) is 11.8 Å². The van der Waals surface area contributed by atoms with E-state index in [2.05, 4.69) is 11.9 Å². The van der Waals surface area contributed by atoms with Crippen LogP contribution in [0.1, 0.15) is 38.2 Å². The number of pyridine rings is 1. The molecular weight excluding hydrogens is 285 g/mol. The molecule has 6 heteroatoms. The Bertz CT molecular complexity index is 433. The fraction of sp³-hybridized carbons (Fsp3) is 0.643. The zero-order valence-corrected chi connectivity index (χ0v) is 12.2. The Kier molecular flexibility index (Phi) is 4.96. The van der Waals surface area contributed by atoms with Crippen molar-refractivity contribution in [2.24, 2.45) is 11.7 Å². The molecule has 1 fully saturated rings. The molecule has 1 aliphatic carbocycles. The number of hydrogen-bond donors (Lipinski definition) is 1. The number of nitrogens with two attached hydrogens (primary N) is 1. The van der Waals surface area contributed by atoms with E-state index in [4.69, 9.17) is 5.73 Å². The molecule has 2 nitrogen and oxygen atoms in total. The van der Waals surface area contributed by atoms with Crippen LogP contribution in [0.2, 0.25) is 0 Å². The van der Waals surface area contributed by atoms with Crippen molar-refractivity contribution in [2.45, 2.75) is 55.1 Å². The van der Waals surface area contributed by atoms with E-state index in [1.54, 1.807) is 0 Å². The first-order valence-corrected chi connectivity index (χ1v) is 7.73. The normalized spacial score (nSPS) is 27.6. The van der Waals surface area contributed by atoms with Crippen LogP contribution >= 0.6 is 11.8 Å². The van der Waals surface area contributed by atoms with Crippen LogP contribution in [0.5, 0.6) is 0 Å². The molecule has 0 aliphatic heterocycles. The Morgan fingerprint density at radius 3 is 2.65 bits per heavy atom. The van der Waals surface area contributed by atoms with E-state index in [1.165, 1.54) is 17.8 Å². The Morgan fingerprint density at radius 2 is 2.10 bits per heavy atom. The first-order valence-electron chi connectivity index (χ1n) is 6.85. The van der Waals surface area contributed by atoms with Crippen molar-refractivity contribution in [3.8, 4) is 0 Å². The maximum absolute atomic E-state index is 12.5. The topological polar surface area (TPSA) is 38.9 Å². The Hall–Kier alpha value is -0.750. The molecule has 0 amide bonds. The molecule has 0 aromatic carbocycles. The average Bonchev–Trinajstić information content (AvgIpc) is 2.41. The summed E-state index contributed by atoms with van der Waals surface area (Å²) in [6.45, 7) is 2.17. The van der Waals surface area contributed by atoms with Crippen molar-refractivity contribution in [2.75, 3.05) is 0 Å². The molecule has 2 rings (SSSR count). The number of hydrogen-bond acceptors (Lipinski definition) is 3. The highest BCUT2D eigenvalue weighted by Crippen LogP contribution is 2.37. The van der Waals surface area contributed by atoms with E-state index in [0.717, 1.165) is 37.9 Å². The molecule has 1 aromatic heterocycles. The van der Waals surface area contributed by atoms with Crippen LogP contribution < -0.4 is 5.73 Å². The second-order valence-corrected chi connectivity index (χ2v) is 6.55. The van der Waals surface area contributed by atoms with Gasteiger partial charge in [-0.1, -0.05) is 13.3 Å². The molecule has 1 aromatic rings. The highest BCUT2D eigenvalue weighted by molar-refractivity contribution is 7.99. The van der Waals surface area contributed by atoms with E-state index >= 15 is 0 Å². The number of halogens is 3. The zero-order chi connectivity index (χ0) is 14.8. The van der Waals surface area contributed by atoms with Crippen molar-refractivity contribution in [1.82, 2.24) is 4.98 Å². The van der Waals surface area contributed by atoms with Crippen LogP contribution in [0.25, 0.3) is 0 Å². The van der Waals surface area contributed by atoms with Crippen molar-refractivity contribution in [1.29, 1.82) is 0 Å². The van der Waals surface area contributed by atoms with Gasteiger partial charge in [0.1, 0.15) is 0 Å². The molecule has 2 N–H and O–H groups in total. The highest BCUT2D eigenvalue weighted by Gasteiger charge is 2.31. The molecule has 20 heavy (non-hydrogen) atoms. The summed E-state index contributed by atoms with van der Waals surface area (Å²) in [4.78, 5) is 3.91. The minimum Gasteiger partial charge on any atom is -0.327 e. The molecule has 3 atom stereocenters. The summed E-state index contributed by atoms with van der Waals surface area (Å²) in [7, 11) is 0. The SMILES string of the molecule is CCC1CCC(N)C(Sc2ccc(C(F)(F)F)cn2)C1. The molecule has 0 bridgehead atoms. The van der Waals surface area contributed by atoms with E-state index < -0.39 is 11.7 Å². The molecule has 1 aliphatic rings. The van der Waals surface area contributed by atoms with E-state index in [9.17, 15) is 13.2 Å². The quantitative estimate of drug-likeness (QED) is 0.914. The average molecular weight is 304 g/mol. The first kappa shape index (κ1) is 15.6. The Morgan fingerprint density at radius 1 is 1.35 bits per heavy atom. The zero-order valence-electron chi connectivity index (χ0n) is 11.4. The van der Waals surface area contributed by atoms with E-state index in [0.29, 0.717) is 10.9 Å². The lowest BCUT2D eigenvalue weighted by Crippen LogP contribution is -2.38. The van der Waals surface area contributed by atoms with Gasteiger partial charge in [-0.25, -0.2) is 4.98 Å². The minimum absolute atomic E-state index is 0.104. The van der Waals surface area contributed by atoms with Crippen molar-refractivity contribution in [3.63, 3.8) is 0 Å². The molecule has 0 radical (unpaired) electrons. The number of nitrogens with zero attached hydrogens (tertiary/aromatic N) is 1. The Labute approximate surface area is 121 Å². The first-order chi connectivity index (χ1) is 9.40. The van der Waals surface area contributed by atoms with Gasteiger partial charge in [0, 0.05) is 17.5 Å². The molecule has 3 unspecified atom stereocenters. The summed E-state index contributed by atoms with van der Waals surface area (Å²) in [5, 5.41) is 0.869. The summed E-state index contributed by atoms with van der Waals surface area (Å²) in [5.74, 6) is 0.668. The molecular formula is C14H19F3N2S. The lowest BCUT2D eigenvalue weighted by molar-refractivity contribution is -0.137. The fourth-order valence-electron chi connectivity index (χ4n) is 2.51. The number of alkyl halides is 3. The van der Waals surface area contributed by atoms with Crippen LogP contribution in [0.4, 0.5) is 13.2 Å². The van der Waals surface area contributed by atoms with Gasteiger partial charge in [0.15, 0.2) is 0 Å². The number of thioether (sulfide) groups is 1. The summed E-state index contributed by atoms with van der Waals surface area (Å²) in [6.07, 6.45) is 0.847. The molecule has 0 spiro atoms. The van der Waals surface area contributed by atoms with Gasteiger partial charge in [-0.05, 0) is 37.3 Å². The maximum atomic E-state index is 12.5. The number of aromatic nitrogens is 1. The number of rotatable bonds is 3. The molecule has 0 saturated heterocycles. The van der Waals surface area contributed by atoms with Crippen LogP contribution in [0.15, 0.2) is 23.4 Å². The Balaban J connectivity index is 2.02. The summed E-state index contributed by atoms with van der Waals surface area (Å²) < 4.78 is 37.4. The van der Waals surface area contributed by atoms with Gasteiger partial charge in [-0.3, -0.25) is 0 Å². The van der Waals surface area contributed by atoms with E-state index in [1.807, 2.05) is 0 Å². The molecule has 1 saturated carbocycles. The van der Waals surface area contributed by atoms with Gasteiger partial charge < -0.3 is 5.73 Å². The smallest absolute Gasteiger partial charge is 0.327 e. The van der Waals surface area contributed by atoms with Gasteiger partial charge in [-0.2, -0.15) is 13.2 Å². The van der Waals surface area contributed by atoms with Gasteiger partial charge in [0.25, 0.3) is 0 Å². The lowest BCUT2D eigenvalue weighted by Gasteiger charge is -2.33.